The first-order chi connectivity index (χ1) is 14.9. The minimum Gasteiger partial charge on any atom is -0.493 e. The summed E-state index contributed by atoms with van der Waals surface area (Å²) in [5.74, 6) is 0.00423. The third-order valence-corrected chi connectivity index (χ3v) is 4.95. The van der Waals surface area contributed by atoms with Crippen LogP contribution >= 0.6 is 15.9 Å². The van der Waals surface area contributed by atoms with E-state index in [0.29, 0.717) is 28.1 Å². The number of urea groups is 1. The predicted octanol–water partition coefficient (Wildman–Crippen LogP) is 3.50. The lowest BCUT2D eigenvalue weighted by Crippen LogP contribution is -2.30. The van der Waals surface area contributed by atoms with Gasteiger partial charge in [0.2, 0.25) is 5.76 Å². The molecule has 0 bridgehead atoms. The number of hydrogen-bond acceptors (Lipinski definition) is 7. The number of imide groups is 1. The maximum Gasteiger partial charge on any atom is 0.373 e. The molecule has 1 aromatic carbocycles. The van der Waals surface area contributed by atoms with Crippen molar-refractivity contribution in [2.24, 2.45) is 0 Å². The molecular formula is C21H19BrN2O7. The van der Waals surface area contributed by atoms with Gasteiger partial charge in [0.05, 0.1) is 20.8 Å². The number of esters is 1. The number of ether oxygens (including phenoxy) is 3. The highest BCUT2D eigenvalue weighted by molar-refractivity contribution is 9.10. The summed E-state index contributed by atoms with van der Waals surface area (Å²) in [6.07, 6.45) is 3.13. The van der Waals surface area contributed by atoms with Crippen LogP contribution in [0.1, 0.15) is 21.9 Å². The molecule has 1 saturated heterocycles. The summed E-state index contributed by atoms with van der Waals surface area (Å²) in [4.78, 5) is 37.5. The van der Waals surface area contributed by atoms with Gasteiger partial charge in [-0.3, -0.25) is 9.69 Å². The number of methoxy groups -OCH3 is 2. The SMILES string of the molecule is C=CCOc1cc(Br)c(/C=C2\NC(=O)N(Cc3ccc(C(=O)OC)o3)C2=O)cc1OC. The highest BCUT2D eigenvalue weighted by Crippen LogP contribution is 2.35. The van der Waals surface area contributed by atoms with Crippen molar-refractivity contribution >= 4 is 39.9 Å². The second-order valence-electron chi connectivity index (χ2n) is 6.26. The van der Waals surface area contributed by atoms with Gasteiger partial charge in [0.25, 0.3) is 5.91 Å². The Morgan fingerprint density at radius 3 is 2.71 bits per heavy atom. The average molecular weight is 491 g/mol. The zero-order valence-electron chi connectivity index (χ0n) is 16.8. The van der Waals surface area contributed by atoms with Gasteiger partial charge in [-0.15, -0.1) is 0 Å². The van der Waals surface area contributed by atoms with E-state index in [-0.39, 0.29) is 23.8 Å². The summed E-state index contributed by atoms with van der Waals surface area (Å²) in [6, 6.07) is 5.67. The first-order valence-corrected chi connectivity index (χ1v) is 9.80. The number of carbonyl (C=O) groups excluding carboxylic acids is 3. The van der Waals surface area contributed by atoms with Gasteiger partial charge in [-0.25, -0.2) is 9.59 Å². The summed E-state index contributed by atoms with van der Waals surface area (Å²) in [6.45, 7) is 3.77. The van der Waals surface area contributed by atoms with Crippen LogP contribution in [0.25, 0.3) is 6.08 Å². The molecule has 2 aromatic rings. The van der Waals surface area contributed by atoms with Crippen molar-refractivity contribution in [2.75, 3.05) is 20.8 Å². The van der Waals surface area contributed by atoms with Crippen molar-refractivity contribution in [1.29, 1.82) is 0 Å². The molecule has 162 valence electrons. The Labute approximate surface area is 186 Å². The lowest BCUT2D eigenvalue weighted by Gasteiger charge is -2.12. The number of carbonyl (C=O) groups is 3. The quantitative estimate of drug-likeness (QED) is 0.261. The summed E-state index contributed by atoms with van der Waals surface area (Å²) in [7, 11) is 2.72. The van der Waals surface area contributed by atoms with Crippen LogP contribution in [0.15, 0.2) is 51.5 Å². The van der Waals surface area contributed by atoms with Crippen molar-refractivity contribution in [3.63, 3.8) is 0 Å². The molecule has 1 N–H and O–H groups in total. The number of furan rings is 1. The number of nitrogens with one attached hydrogen (secondary N) is 1. The molecule has 0 radical (unpaired) electrons. The molecule has 1 aliphatic rings. The molecule has 31 heavy (non-hydrogen) atoms. The maximum absolute atomic E-state index is 12.8. The molecule has 3 amide bonds. The number of halogens is 1. The Kier molecular flexibility index (Phi) is 6.81. The Morgan fingerprint density at radius 1 is 1.26 bits per heavy atom. The summed E-state index contributed by atoms with van der Waals surface area (Å²) >= 11 is 3.43. The molecule has 0 unspecified atom stereocenters. The van der Waals surface area contributed by atoms with E-state index < -0.39 is 17.9 Å². The summed E-state index contributed by atoms with van der Waals surface area (Å²) in [5, 5.41) is 2.54. The van der Waals surface area contributed by atoms with E-state index >= 15 is 0 Å². The van der Waals surface area contributed by atoms with Crippen LogP contribution < -0.4 is 14.8 Å². The van der Waals surface area contributed by atoms with Crippen LogP contribution in [0.4, 0.5) is 4.79 Å². The molecule has 10 heteroatoms. The van der Waals surface area contributed by atoms with Crippen molar-refractivity contribution in [3.05, 3.63) is 64.2 Å². The largest absolute Gasteiger partial charge is 0.493 e. The third-order valence-electron chi connectivity index (χ3n) is 4.26. The molecule has 0 aliphatic carbocycles. The Bertz CT molecular complexity index is 1070. The predicted molar refractivity (Wildman–Crippen MR) is 113 cm³/mol. The molecule has 1 fully saturated rings. The Hall–Kier alpha value is -3.53. The van der Waals surface area contributed by atoms with Crippen LogP contribution in [0.3, 0.4) is 0 Å². The second kappa shape index (κ2) is 9.52. The monoisotopic (exact) mass is 490 g/mol. The molecule has 0 spiro atoms. The number of benzene rings is 1. The number of amides is 3. The molecule has 3 rings (SSSR count). The second-order valence-corrected chi connectivity index (χ2v) is 7.12. The first-order valence-electron chi connectivity index (χ1n) is 9.00. The van der Waals surface area contributed by atoms with E-state index in [9.17, 15) is 14.4 Å². The van der Waals surface area contributed by atoms with Gasteiger partial charge in [0, 0.05) is 4.47 Å². The van der Waals surface area contributed by atoms with Crippen molar-refractivity contribution in [2.45, 2.75) is 6.54 Å². The van der Waals surface area contributed by atoms with Gasteiger partial charge < -0.3 is 23.9 Å². The number of nitrogens with zero attached hydrogens (tertiary/aromatic N) is 1. The smallest absolute Gasteiger partial charge is 0.373 e. The van der Waals surface area contributed by atoms with E-state index in [4.69, 9.17) is 13.9 Å². The van der Waals surface area contributed by atoms with E-state index in [2.05, 4.69) is 32.6 Å². The zero-order valence-corrected chi connectivity index (χ0v) is 18.4. The standard InChI is InChI=1S/C21H19BrN2O7/c1-4-7-30-18-10-14(22)12(9-17(18)28-2)8-15-19(25)24(21(27)23-15)11-13-5-6-16(31-13)20(26)29-3/h4-6,8-10H,1,7,11H2,2-3H3,(H,23,27)/b15-8-. The fourth-order valence-electron chi connectivity index (χ4n) is 2.78. The van der Waals surface area contributed by atoms with Gasteiger partial charge in [-0.2, -0.15) is 0 Å². The van der Waals surface area contributed by atoms with Crippen molar-refractivity contribution in [3.8, 4) is 11.5 Å². The van der Waals surface area contributed by atoms with Gasteiger partial charge in [0.1, 0.15) is 18.1 Å². The topological polar surface area (TPSA) is 107 Å². The highest BCUT2D eigenvalue weighted by Gasteiger charge is 2.34. The van der Waals surface area contributed by atoms with Crippen LogP contribution in [-0.2, 0) is 16.1 Å². The summed E-state index contributed by atoms with van der Waals surface area (Å²) in [5.41, 5.74) is 0.673. The van der Waals surface area contributed by atoms with Crippen molar-refractivity contribution < 1.29 is 33.0 Å². The van der Waals surface area contributed by atoms with E-state index in [0.717, 1.165) is 4.90 Å². The maximum atomic E-state index is 12.8. The fourth-order valence-corrected chi connectivity index (χ4v) is 3.22. The Balaban J connectivity index is 1.82. The van der Waals surface area contributed by atoms with E-state index in [1.54, 1.807) is 18.2 Å². The number of rotatable bonds is 8. The lowest BCUT2D eigenvalue weighted by atomic mass is 10.1. The van der Waals surface area contributed by atoms with E-state index in [1.165, 1.54) is 32.4 Å². The molecule has 9 nitrogen and oxygen atoms in total. The molecule has 0 saturated carbocycles. The zero-order chi connectivity index (χ0) is 22.5. The minimum absolute atomic E-state index is 0.0184. The normalized spacial score (nSPS) is 14.5. The van der Waals surface area contributed by atoms with Gasteiger partial charge in [0.15, 0.2) is 11.5 Å². The van der Waals surface area contributed by atoms with Crippen molar-refractivity contribution in [1.82, 2.24) is 10.2 Å². The molecule has 1 aliphatic heterocycles. The van der Waals surface area contributed by atoms with E-state index in [1.807, 2.05) is 0 Å². The Morgan fingerprint density at radius 2 is 2.03 bits per heavy atom. The first kappa shape index (κ1) is 22.2. The highest BCUT2D eigenvalue weighted by atomic mass is 79.9. The van der Waals surface area contributed by atoms with Gasteiger partial charge in [-0.1, -0.05) is 28.6 Å². The lowest BCUT2D eigenvalue weighted by molar-refractivity contribution is -0.123. The summed E-state index contributed by atoms with van der Waals surface area (Å²) < 4.78 is 21.4. The average Bonchev–Trinajstić information content (AvgIpc) is 3.33. The van der Waals surface area contributed by atoms with Gasteiger partial charge in [-0.05, 0) is 35.9 Å². The molecule has 0 atom stereocenters. The van der Waals surface area contributed by atoms with Crippen LogP contribution in [-0.4, -0.2) is 43.6 Å². The third kappa shape index (κ3) is 4.80. The fraction of sp³-hybridized carbons (Fsp3) is 0.190. The van der Waals surface area contributed by atoms with Crippen LogP contribution in [0, 0.1) is 0 Å². The van der Waals surface area contributed by atoms with Crippen LogP contribution in [0.5, 0.6) is 11.5 Å². The van der Waals surface area contributed by atoms with Gasteiger partial charge >= 0.3 is 12.0 Å². The minimum atomic E-state index is -0.650. The number of hydrogen-bond donors (Lipinski definition) is 1. The molecule has 1 aromatic heterocycles. The molecular weight excluding hydrogens is 472 g/mol. The molecule has 2 heterocycles. The van der Waals surface area contributed by atoms with Crippen LogP contribution in [0.2, 0.25) is 0 Å².